The van der Waals surface area contributed by atoms with Crippen LogP contribution < -0.4 is 5.56 Å². The fourth-order valence-corrected chi connectivity index (χ4v) is 2.18. The molecular formula is C11H13N3OS. The van der Waals surface area contributed by atoms with Gasteiger partial charge in [0.1, 0.15) is 5.01 Å². The summed E-state index contributed by atoms with van der Waals surface area (Å²) in [5.74, 6) is 0. The summed E-state index contributed by atoms with van der Waals surface area (Å²) in [5, 5.41) is 2.92. The topological polar surface area (TPSA) is 47.8 Å². The molecule has 2 aromatic rings. The molecule has 0 fully saturated rings. The number of thiazole rings is 1. The van der Waals surface area contributed by atoms with Gasteiger partial charge in [-0.1, -0.05) is 0 Å². The highest BCUT2D eigenvalue weighted by Crippen LogP contribution is 2.09. The molecule has 2 rings (SSSR count). The summed E-state index contributed by atoms with van der Waals surface area (Å²) in [6.45, 7) is 6.09. The van der Waals surface area contributed by atoms with Gasteiger partial charge in [0.2, 0.25) is 0 Å². The van der Waals surface area contributed by atoms with E-state index < -0.39 is 0 Å². The first-order chi connectivity index (χ1) is 7.58. The number of rotatable bonds is 2. The summed E-state index contributed by atoms with van der Waals surface area (Å²) in [6.07, 6.45) is 1.58. The third-order valence-electron chi connectivity index (χ3n) is 2.49. The molecule has 0 N–H and O–H groups in total. The van der Waals surface area contributed by atoms with E-state index in [1.54, 1.807) is 29.2 Å². The van der Waals surface area contributed by atoms with Crippen LogP contribution in [0.4, 0.5) is 0 Å². The number of aromatic nitrogens is 3. The monoisotopic (exact) mass is 235 g/mol. The lowest BCUT2D eigenvalue weighted by molar-refractivity contribution is 0.716. The van der Waals surface area contributed by atoms with E-state index in [1.807, 2.05) is 19.2 Å². The third-order valence-corrected chi connectivity index (χ3v) is 3.44. The van der Waals surface area contributed by atoms with Crippen molar-refractivity contribution in [2.24, 2.45) is 0 Å². The summed E-state index contributed by atoms with van der Waals surface area (Å²) in [4.78, 5) is 20.4. The predicted octanol–water partition coefficient (Wildman–Crippen LogP) is 1.67. The van der Waals surface area contributed by atoms with Gasteiger partial charge in [-0.2, -0.15) is 0 Å². The van der Waals surface area contributed by atoms with Gasteiger partial charge in [0, 0.05) is 22.3 Å². The Morgan fingerprint density at radius 1 is 1.38 bits per heavy atom. The van der Waals surface area contributed by atoms with Crippen molar-refractivity contribution in [3.63, 3.8) is 0 Å². The molecule has 0 unspecified atom stereocenters. The second-order valence-corrected chi connectivity index (χ2v) is 4.71. The zero-order chi connectivity index (χ0) is 11.7. The molecule has 2 aromatic heterocycles. The molecule has 84 valence electrons. The maximum absolute atomic E-state index is 11.9. The minimum atomic E-state index is 0.0142. The second-order valence-electron chi connectivity index (χ2n) is 3.77. The molecule has 0 radical (unpaired) electrons. The summed E-state index contributed by atoms with van der Waals surface area (Å²) in [5.41, 5.74) is 2.50. The standard InChI is InChI=1S/C11H13N3OS/c1-7-5-16-10(13-7)4-14-6-12-9(3)8(2)11(14)15/h5-6H,4H2,1-3H3. The van der Waals surface area contributed by atoms with Crippen molar-refractivity contribution in [3.05, 3.63) is 44.0 Å². The third kappa shape index (κ3) is 2.04. The normalized spacial score (nSPS) is 10.7. The van der Waals surface area contributed by atoms with Gasteiger partial charge < -0.3 is 0 Å². The molecular weight excluding hydrogens is 222 g/mol. The van der Waals surface area contributed by atoms with Crippen molar-refractivity contribution in [3.8, 4) is 0 Å². The molecule has 4 nitrogen and oxygen atoms in total. The Hall–Kier alpha value is -1.49. The van der Waals surface area contributed by atoms with Gasteiger partial charge in [0.25, 0.3) is 5.56 Å². The molecule has 0 bridgehead atoms. The lowest BCUT2D eigenvalue weighted by Crippen LogP contribution is -2.24. The minimum Gasteiger partial charge on any atom is -0.292 e. The van der Waals surface area contributed by atoms with Crippen LogP contribution >= 0.6 is 11.3 Å². The van der Waals surface area contributed by atoms with Crippen molar-refractivity contribution < 1.29 is 0 Å². The van der Waals surface area contributed by atoms with Crippen LogP contribution in [0.25, 0.3) is 0 Å². The quantitative estimate of drug-likeness (QED) is 0.795. The smallest absolute Gasteiger partial charge is 0.256 e. The molecule has 16 heavy (non-hydrogen) atoms. The van der Waals surface area contributed by atoms with Crippen LogP contribution in [0.15, 0.2) is 16.5 Å². The van der Waals surface area contributed by atoms with Crippen molar-refractivity contribution >= 4 is 11.3 Å². The molecule has 0 aliphatic rings. The summed E-state index contributed by atoms with van der Waals surface area (Å²) >= 11 is 1.56. The lowest BCUT2D eigenvalue weighted by atomic mass is 10.3. The molecule has 0 saturated carbocycles. The van der Waals surface area contributed by atoms with Gasteiger partial charge in [-0.25, -0.2) is 9.97 Å². The second kappa shape index (κ2) is 4.17. The summed E-state index contributed by atoms with van der Waals surface area (Å²) < 4.78 is 1.60. The number of aryl methyl sites for hydroxylation is 2. The SMILES string of the molecule is Cc1csc(Cn2cnc(C)c(C)c2=O)n1. The van der Waals surface area contributed by atoms with E-state index in [2.05, 4.69) is 9.97 Å². The van der Waals surface area contributed by atoms with E-state index in [-0.39, 0.29) is 5.56 Å². The summed E-state index contributed by atoms with van der Waals surface area (Å²) in [7, 11) is 0. The zero-order valence-electron chi connectivity index (χ0n) is 9.52. The van der Waals surface area contributed by atoms with E-state index in [0.29, 0.717) is 12.1 Å². The Bertz CT molecular complexity index is 571. The Labute approximate surface area is 97.6 Å². The minimum absolute atomic E-state index is 0.0142. The Morgan fingerprint density at radius 2 is 2.12 bits per heavy atom. The van der Waals surface area contributed by atoms with E-state index in [0.717, 1.165) is 16.4 Å². The van der Waals surface area contributed by atoms with Crippen LogP contribution in [-0.2, 0) is 6.54 Å². The van der Waals surface area contributed by atoms with E-state index in [1.165, 1.54) is 0 Å². The van der Waals surface area contributed by atoms with E-state index in [9.17, 15) is 4.79 Å². The van der Waals surface area contributed by atoms with Gasteiger partial charge in [0.15, 0.2) is 0 Å². The van der Waals surface area contributed by atoms with Crippen LogP contribution in [-0.4, -0.2) is 14.5 Å². The van der Waals surface area contributed by atoms with Gasteiger partial charge in [-0.15, -0.1) is 11.3 Å². The Kier molecular flexibility index (Phi) is 2.87. The number of hydrogen-bond donors (Lipinski definition) is 0. The Morgan fingerprint density at radius 3 is 2.75 bits per heavy atom. The molecule has 0 atom stereocenters. The highest BCUT2D eigenvalue weighted by atomic mass is 32.1. The summed E-state index contributed by atoms with van der Waals surface area (Å²) in [6, 6.07) is 0. The van der Waals surface area contributed by atoms with Crippen molar-refractivity contribution in [1.82, 2.24) is 14.5 Å². The van der Waals surface area contributed by atoms with Gasteiger partial charge >= 0.3 is 0 Å². The molecule has 0 spiro atoms. The van der Waals surface area contributed by atoms with Crippen molar-refractivity contribution in [2.45, 2.75) is 27.3 Å². The van der Waals surface area contributed by atoms with E-state index >= 15 is 0 Å². The number of hydrogen-bond acceptors (Lipinski definition) is 4. The first kappa shape index (κ1) is 11.0. The molecule has 0 aliphatic heterocycles. The molecule has 0 amide bonds. The Balaban J connectivity index is 2.36. The zero-order valence-corrected chi connectivity index (χ0v) is 10.3. The van der Waals surface area contributed by atoms with Gasteiger partial charge in [-0.05, 0) is 20.8 Å². The number of nitrogens with zero attached hydrogens (tertiary/aromatic N) is 3. The molecule has 0 saturated heterocycles. The fraction of sp³-hybridized carbons (Fsp3) is 0.364. The van der Waals surface area contributed by atoms with Crippen LogP contribution in [0.1, 0.15) is 22.0 Å². The average Bonchev–Trinajstić information content (AvgIpc) is 2.65. The maximum Gasteiger partial charge on any atom is 0.256 e. The van der Waals surface area contributed by atoms with Crippen LogP contribution in [0.3, 0.4) is 0 Å². The van der Waals surface area contributed by atoms with Crippen LogP contribution in [0.2, 0.25) is 0 Å². The molecule has 0 aliphatic carbocycles. The highest BCUT2D eigenvalue weighted by Gasteiger charge is 2.06. The van der Waals surface area contributed by atoms with E-state index in [4.69, 9.17) is 0 Å². The first-order valence-corrected chi connectivity index (χ1v) is 5.89. The van der Waals surface area contributed by atoms with Gasteiger partial charge in [-0.3, -0.25) is 9.36 Å². The molecule has 5 heteroatoms. The van der Waals surface area contributed by atoms with Crippen molar-refractivity contribution in [1.29, 1.82) is 0 Å². The maximum atomic E-state index is 11.9. The molecule has 0 aromatic carbocycles. The lowest BCUT2D eigenvalue weighted by Gasteiger charge is -2.05. The molecule has 2 heterocycles. The van der Waals surface area contributed by atoms with Crippen LogP contribution in [0, 0.1) is 20.8 Å². The first-order valence-electron chi connectivity index (χ1n) is 5.01. The average molecular weight is 235 g/mol. The predicted molar refractivity (Wildman–Crippen MR) is 63.9 cm³/mol. The van der Waals surface area contributed by atoms with Crippen molar-refractivity contribution in [2.75, 3.05) is 0 Å². The highest BCUT2D eigenvalue weighted by molar-refractivity contribution is 7.09. The largest absolute Gasteiger partial charge is 0.292 e. The van der Waals surface area contributed by atoms with Crippen LogP contribution in [0.5, 0.6) is 0 Å². The fourth-order valence-electron chi connectivity index (χ4n) is 1.41. The van der Waals surface area contributed by atoms with Gasteiger partial charge in [0.05, 0.1) is 12.9 Å².